The highest BCUT2D eigenvalue weighted by molar-refractivity contribution is 7.18. The number of piperazine rings is 1. The van der Waals surface area contributed by atoms with E-state index >= 15 is 0 Å². The van der Waals surface area contributed by atoms with Crippen molar-refractivity contribution in [3.05, 3.63) is 65.0 Å². The molecular weight excluding hydrogens is 375 g/mol. The molecule has 1 saturated heterocycles. The van der Waals surface area contributed by atoms with Gasteiger partial charge >= 0.3 is 0 Å². The standard InChI is InChI=1S/C21H19FN4OS/c22-15-4-3-6-16-14(15)12-18(23-16)21(27)26-10-8-25(9-11-26)13-20-24-17-5-1-2-7-19(17)28-20/h1-7,12,23H,8-11,13H2. The van der Waals surface area contributed by atoms with Crippen LogP contribution in [-0.4, -0.2) is 51.9 Å². The van der Waals surface area contributed by atoms with Gasteiger partial charge in [0, 0.05) is 37.1 Å². The minimum Gasteiger partial charge on any atom is -0.350 e. The maximum absolute atomic E-state index is 13.9. The summed E-state index contributed by atoms with van der Waals surface area (Å²) in [5.74, 6) is -0.385. The number of hydrogen-bond donors (Lipinski definition) is 1. The van der Waals surface area contributed by atoms with Crippen LogP contribution < -0.4 is 0 Å². The molecule has 28 heavy (non-hydrogen) atoms. The van der Waals surface area contributed by atoms with Crippen LogP contribution in [0.1, 0.15) is 15.5 Å². The Labute approximate surface area is 165 Å². The number of hydrogen-bond acceptors (Lipinski definition) is 4. The van der Waals surface area contributed by atoms with E-state index in [0.29, 0.717) is 29.7 Å². The van der Waals surface area contributed by atoms with E-state index < -0.39 is 0 Å². The van der Waals surface area contributed by atoms with Crippen LogP contribution in [0.15, 0.2) is 48.5 Å². The van der Waals surface area contributed by atoms with E-state index in [9.17, 15) is 9.18 Å². The van der Waals surface area contributed by atoms with Crippen LogP contribution in [0.25, 0.3) is 21.1 Å². The highest BCUT2D eigenvalue weighted by Crippen LogP contribution is 2.24. The number of nitrogens with one attached hydrogen (secondary N) is 1. The average molecular weight is 394 g/mol. The van der Waals surface area contributed by atoms with Crippen molar-refractivity contribution in [1.82, 2.24) is 19.8 Å². The Bertz CT molecular complexity index is 1130. The number of nitrogens with zero attached hydrogens (tertiary/aromatic N) is 3. The first kappa shape index (κ1) is 17.3. The Kier molecular flexibility index (Phi) is 4.33. The number of carbonyl (C=O) groups is 1. The quantitative estimate of drug-likeness (QED) is 0.574. The zero-order valence-electron chi connectivity index (χ0n) is 15.2. The fourth-order valence-electron chi connectivity index (χ4n) is 3.69. The lowest BCUT2D eigenvalue weighted by molar-refractivity contribution is 0.0623. The Morgan fingerprint density at radius 1 is 1.11 bits per heavy atom. The van der Waals surface area contributed by atoms with Crippen LogP contribution in [-0.2, 0) is 6.54 Å². The summed E-state index contributed by atoms with van der Waals surface area (Å²) in [6.07, 6.45) is 0. The van der Waals surface area contributed by atoms with Gasteiger partial charge in [-0.1, -0.05) is 18.2 Å². The van der Waals surface area contributed by atoms with E-state index in [1.165, 1.54) is 10.8 Å². The van der Waals surface area contributed by atoms with Crippen molar-refractivity contribution in [2.75, 3.05) is 26.2 Å². The zero-order valence-corrected chi connectivity index (χ0v) is 16.0. The zero-order chi connectivity index (χ0) is 19.1. The third kappa shape index (κ3) is 3.16. The molecule has 0 unspecified atom stereocenters. The number of rotatable bonds is 3. The van der Waals surface area contributed by atoms with E-state index in [0.717, 1.165) is 30.2 Å². The van der Waals surface area contributed by atoms with E-state index in [-0.39, 0.29) is 11.7 Å². The topological polar surface area (TPSA) is 52.2 Å². The van der Waals surface area contributed by atoms with E-state index in [2.05, 4.69) is 16.0 Å². The molecule has 1 amide bonds. The summed E-state index contributed by atoms with van der Waals surface area (Å²) in [6, 6.07) is 14.6. The molecule has 2 aromatic carbocycles. The number of carbonyl (C=O) groups excluding carboxylic acids is 1. The third-order valence-corrected chi connectivity index (χ3v) is 6.22. The van der Waals surface area contributed by atoms with Gasteiger partial charge in [0.1, 0.15) is 16.5 Å². The van der Waals surface area contributed by atoms with Gasteiger partial charge in [0.05, 0.1) is 16.8 Å². The number of thiazole rings is 1. The number of fused-ring (bicyclic) bond motifs is 2. The molecule has 142 valence electrons. The molecule has 1 fully saturated rings. The van der Waals surface area contributed by atoms with E-state index in [1.54, 1.807) is 29.5 Å². The molecule has 7 heteroatoms. The van der Waals surface area contributed by atoms with Crippen molar-refractivity contribution >= 4 is 38.4 Å². The van der Waals surface area contributed by atoms with Gasteiger partial charge in [-0.25, -0.2) is 9.37 Å². The minimum atomic E-state index is -0.312. The molecule has 0 spiro atoms. The lowest BCUT2D eigenvalue weighted by atomic mass is 10.2. The molecule has 2 aromatic heterocycles. The van der Waals surface area contributed by atoms with Crippen molar-refractivity contribution in [1.29, 1.82) is 0 Å². The van der Waals surface area contributed by atoms with Crippen LogP contribution >= 0.6 is 11.3 Å². The third-order valence-electron chi connectivity index (χ3n) is 5.20. The number of para-hydroxylation sites is 1. The fraction of sp³-hybridized carbons (Fsp3) is 0.238. The smallest absolute Gasteiger partial charge is 0.270 e. The number of halogens is 1. The summed E-state index contributed by atoms with van der Waals surface area (Å²) in [7, 11) is 0. The van der Waals surface area contributed by atoms with Crippen LogP contribution in [0.5, 0.6) is 0 Å². The Balaban J connectivity index is 1.24. The molecule has 5 rings (SSSR count). The Morgan fingerprint density at radius 2 is 1.93 bits per heavy atom. The number of benzene rings is 2. The Morgan fingerprint density at radius 3 is 2.71 bits per heavy atom. The first-order valence-corrected chi connectivity index (χ1v) is 10.1. The predicted molar refractivity (Wildman–Crippen MR) is 109 cm³/mol. The van der Waals surface area contributed by atoms with Crippen LogP contribution in [0.4, 0.5) is 4.39 Å². The second-order valence-electron chi connectivity index (χ2n) is 7.03. The first-order chi connectivity index (χ1) is 13.7. The first-order valence-electron chi connectivity index (χ1n) is 9.31. The molecule has 0 saturated carbocycles. The summed E-state index contributed by atoms with van der Waals surface area (Å²) in [5, 5.41) is 1.56. The summed E-state index contributed by atoms with van der Waals surface area (Å²) >= 11 is 1.72. The molecule has 4 aromatic rings. The van der Waals surface area contributed by atoms with E-state index in [1.807, 2.05) is 23.1 Å². The lowest BCUT2D eigenvalue weighted by Crippen LogP contribution is -2.48. The molecule has 0 atom stereocenters. The van der Waals surface area contributed by atoms with Gasteiger partial charge in [-0.2, -0.15) is 0 Å². The van der Waals surface area contributed by atoms with Crippen LogP contribution in [0, 0.1) is 5.82 Å². The van der Waals surface area contributed by atoms with Crippen molar-refractivity contribution < 1.29 is 9.18 Å². The van der Waals surface area contributed by atoms with Crippen molar-refractivity contribution in [2.45, 2.75) is 6.54 Å². The summed E-state index contributed by atoms with van der Waals surface area (Å²) in [4.78, 5) is 24.7. The fourth-order valence-corrected chi connectivity index (χ4v) is 4.70. The van der Waals surface area contributed by atoms with Gasteiger partial charge in [0.2, 0.25) is 0 Å². The molecule has 1 N–H and O–H groups in total. The maximum atomic E-state index is 13.9. The SMILES string of the molecule is O=C(c1cc2c(F)cccc2[nH]1)N1CCN(Cc2nc3ccccc3s2)CC1. The van der Waals surface area contributed by atoms with Gasteiger partial charge < -0.3 is 9.88 Å². The van der Waals surface area contributed by atoms with Crippen LogP contribution in [0.2, 0.25) is 0 Å². The van der Waals surface area contributed by atoms with Crippen molar-refractivity contribution in [3.63, 3.8) is 0 Å². The molecule has 0 aliphatic carbocycles. The molecule has 1 aliphatic rings. The molecule has 5 nitrogen and oxygen atoms in total. The highest BCUT2D eigenvalue weighted by Gasteiger charge is 2.24. The number of H-pyrrole nitrogens is 1. The predicted octanol–water partition coefficient (Wildman–Crippen LogP) is 3.87. The molecule has 3 heterocycles. The van der Waals surface area contributed by atoms with Gasteiger partial charge in [-0.3, -0.25) is 9.69 Å². The van der Waals surface area contributed by atoms with Crippen molar-refractivity contribution in [2.24, 2.45) is 0 Å². The molecule has 0 radical (unpaired) electrons. The van der Waals surface area contributed by atoms with Gasteiger partial charge in [-0.05, 0) is 30.3 Å². The summed E-state index contributed by atoms with van der Waals surface area (Å²) in [6.45, 7) is 3.72. The maximum Gasteiger partial charge on any atom is 0.270 e. The summed E-state index contributed by atoms with van der Waals surface area (Å²) < 4.78 is 15.1. The second kappa shape index (κ2) is 7.00. The summed E-state index contributed by atoms with van der Waals surface area (Å²) in [5.41, 5.74) is 2.14. The van der Waals surface area contributed by atoms with Gasteiger partial charge in [-0.15, -0.1) is 11.3 Å². The van der Waals surface area contributed by atoms with Crippen LogP contribution in [0.3, 0.4) is 0 Å². The van der Waals surface area contributed by atoms with Crippen molar-refractivity contribution in [3.8, 4) is 0 Å². The second-order valence-corrected chi connectivity index (χ2v) is 8.14. The molecular formula is C21H19FN4OS. The normalized spacial score (nSPS) is 15.5. The number of amides is 1. The number of aromatic nitrogens is 2. The average Bonchev–Trinajstić information content (AvgIpc) is 3.32. The largest absolute Gasteiger partial charge is 0.350 e. The molecule has 0 bridgehead atoms. The van der Waals surface area contributed by atoms with Gasteiger partial charge in [0.25, 0.3) is 5.91 Å². The monoisotopic (exact) mass is 394 g/mol. The lowest BCUT2D eigenvalue weighted by Gasteiger charge is -2.34. The van der Waals surface area contributed by atoms with Gasteiger partial charge in [0.15, 0.2) is 0 Å². The number of aromatic amines is 1. The minimum absolute atomic E-state index is 0.0739. The Hall–Kier alpha value is -2.77. The molecule has 1 aliphatic heterocycles. The van der Waals surface area contributed by atoms with E-state index in [4.69, 9.17) is 4.98 Å². The highest BCUT2D eigenvalue weighted by atomic mass is 32.1.